The number of carbonyl (C=O) groups excluding carboxylic acids is 1. The molecule has 5 rings (SSSR count). The van der Waals surface area contributed by atoms with E-state index >= 15 is 0 Å². The molecule has 4 bridgehead atoms. The Morgan fingerprint density at radius 3 is 2.41 bits per heavy atom. The molecule has 1 aromatic rings. The predicted octanol–water partition coefficient (Wildman–Crippen LogP) is 4.31. The van der Waals surface area contributed by atoms with Crippen LogP contribution in [0.2, 0.25) is 0 Å². The summed E-state index contributed by atoms with van der Waals surface area (Å²) in [6.45, 7) is 2.09. The molecule has 148 valence electrons. The summed E-state index contributed by atoms with van der Waals surface area (Å²) in [6, 6.07) is 0.931. The van der Waals surface area contributed by atoms with E-state index in [9.17, 15) is 18.0 Å². The summed E-state index contributed by atoms with van der Waals surface area (Å²) in [6.07, 6.45) is 4.22. The lowest BCUT2D eigenvalue weighted by atomic mass is 9.48. The lowest BCUT2D eigenvalue weighted by Crippen LogP contribution is -2.56. The van der Waals surface area contributed by atoms with Gasteiger partial charge in [0.25, 0.3) is 0 Å². The SMILES string of the molecule is C[C@@H](NC(=O)CSc1nccc(C(F)(F)F)n1)C12CC3CC(CC(C3)C1)C2. The highest BCUT2D eigenvalue weighted by atomic mass is 32.2. The second kappa shape index (κ2) is 6.94. The minimum atomic E-state index is -4.51. The van der Waals surface area contributed by atoms with Gasteiger partial charge < -0.3 is 5.32 Å². The van der Waals surface area contributed by atoms with Crippen LogP contribution in [0, 0.1) is 23.2 Å². The second-order valence-corrected chi connectivity index (χ2v) is 9.52. The molecule has 4 aliphatic rings. The van der Waals surface area contributed by atoms with E-state index in [1.165, 1.54) is 38.5 Å². The van der Waals surface area contributed by atoms with Gasteiger partial charge in [-0.25, -0.2) is 9.97 Å². The van der Waals surface area contributed by atoms with Gasteiger partial charge in [0.2, 0.25) is 5.91 Å². The van der Waals surface area contributed by atoms with E-state index in [0.29, 0.717) is 0 Å². The number of thioether (sulfide) groups is 1. The van der Waals surface area contributed by atoms with Crippen molar-refractivity contribution in [3.63, 3.8) is 0 Å². The van der Waals surface area contributed by atoms with Crippen LogP contribution in [0.5, 0.6) is 0 Å². The molecule has 8 heteroatoms. The topological polar surface area (TPSA) is 54.9 Å². The monoisotopic (exact) mass is 399 g/mol. The van der Waals surface area contributed by atoms with E-state index in [0.717, 1.165) is 41.8 Å². The first-order valence-electron chi connectivity index (χ1n) is 9.56. The van der Waals surface area contributed by atoms with Gasteiger partial charge >= 0.3 is 6.18 Å². The number of carbonyl (C=O) groups is 1. The molecule has 4 fully saturated rings. The van der Waals surface area contributed by atoms with Crippen molar-refractivity contribution < 1.29 is 18.0 Å². The minimum absolute atomic E-state index is 0.0255. The molecule has 1 heterocycles. The van der Waals surface area contributed by atoms with Gasteiger partial charge in [0.15, 0.2) is 5.16 Å². The third-order valence-corrected chi connectivity index (χ3v) is 7.50. The molecule has 27 heavy (non-hydrogen) atoms. The van der Waals surface area contributed by atoms with Crippen LogP contribution in [-0.4, -0.2) is 27.7 Å². The minimum Gasteiger partial charge on any atom is -0.352 e. The number of nitrogens with zero attached hydrogens (tertiary/aromatic N) is 2. The second-order valence-electron chi connectivity index (χ2n) is 8.58. The van der Waals surface area contributed by atoms with E-state index in [-0.39, 0.29) is 28.3 Å². The lowest BCUT2D eigenvalue weighted by molar-refractivity contribution is -0.141. The fourth-order valence-electron chi connectivity index (χ4n) is 5.84. The average molecular weight is 399 g/mol. The number of halogens is 3. The highest BCUT2D eigenvalue weighted by Gasteiger charge is 2.53. The van der Waals surface area contributed by atoms with Crippen LogP contribution in [0.25, 0.3) is 0 Å². The normalized spacial score (nSPS) is 33.1. The summed E-state index contributed by atoms with van der Waals surface area (Å²) < 4.78 is 38.2. The Hall–Kier alpha value is -1.31. The van der Waals surface area contributed by atoms with Crippen LogP contribution < -0.4 is 5.32 Å². The zero-order valence-corrected chi connectivity index (χ0v) is 16.1. The first-order valence-corrected chi connectivity index (χ1v) is 10.5. The van der Waals surface area contributed by atoms with Crippen molar-refractivity contribution >= 4 is 17.7 Å². The summed E-state index contributed by atoms with van der Waals surface area (Å²) in [5, 5.41) is 3.09. The molecule has 0 saturated heterocycles. The van der Waals surface area contributed by atoms with Crippen LogP contribution in [0.3, 0.4) is 0 Å². The third kappa shape index (κ3) is 3.96. The standard InChI is InChI=1S/C19H24F3N3OS/c1-11(18-7-12-4-13(8-18)6-14(5-12)9-18)24-16(26)10-27-17-23-3-2-15(25-17)19(20,21)22/h2-3,11-14H,4-10H2,1H3,(H,24,26)/t11-,12?,13?,14?,18?/m1/s1. The van der Waals surface area contributed by atoms with Gasteiger partial charge in [-0.2, -0.15) is 13.2 Å². The molecule has 0 aromatic carbocycles. The van der Waals surface area contributed by atoms with Crippen molar-refractivity contribution in [1.29, 1.82) is 0 Å². The number of nitrogens with one attached hydrogen (secondary N) is 1. The van der Waals surface area contributed by atoms with Crippen molar-refractivity contribution in [2.75, 3.05) is 5.75 Å². The van der Waals surface area contributed by atoms with E-state index in [2.05, 4.69) is 22.2 Å². The van der Waals surface area contributed by atoms with Crippen LogP contribution in [0.1, 0.15) is 51.1 Å². The molecular formula is C19H24F3N3OS. The molecule has 1 aromatic heterocycles. The van der Waals surface area contributed by atoms with E-state index < -0.39 is 11.9 Å². The van der Waals surface area contributed by atoms with Crippen LogP contribution in [0.4, 0.5) is 13.2 Å². The Balaban J connectivity index is 1.33. The maximum absolute atomic E-state index is 12.7. The predicted molar refractivity (Wildman–Crippen MR) is 96.0 cm³/mol. The maximum Gasteiger partial charge on any atom is 0.433 e. The fraction of sp³-hybridized carbons (Fsp3) is 0.737. The first-order chi connectivity index (χ1) is 12.7. The van der Waals surface area contributed by atoms with Gasteiger partial charge in [-0.15, -0.1) is 0 Å². The summed E-state index contributed by atoms with van der Waals surface area (Å²) in [7, 11) is 0. The summed E-state index contributed by atoms with van der Waals surface area (Å²) >= 11 is 0.944. The average Bonchev–Trinajstić information content (AvgIpc) is 2.58. The molecule has 4 nitrogen and oxygen atoms in total. The number of amides is 1. The zero-order valence-electron chi connectivity index (χ0n) is 15.3. The molecule has 4 saturated carbocycles. The van der Waals surface area contributed by atoms with Crippen molar-refractivity contribution in [3.05, 3.63) is 18.0 Å². The molecule has 0 radical (unpaired) electrons. The number of rotatable bonds is 5. The van der Waals surface area contributed by atoms with Gasteiger partial charge in [0, 0.05) is 12.2 Å². The summed E-state index contributed by atoms with van der Waals surface area (Å²) in [4.78, 5) is 19.7. The largest absolute Gasteiger partial charge is 0.433 e. The Morgan fingerprint density at radius 2 is 1.85 bits per heavy atom. The molecule has 0 spiro atoms. The number of hydrogen-bond donors (Lipinski definition) is 1. The Labute approximate surface area is 161 Å². The molecule has 1 N–H and O–H groups in total. The van der Waals surface area contributed by atoms with Gasteiger partial charge in [0.05, 0.1) is 5.75 Å². The molecular weight excluding hydrogens is 375 g/mol. The number of alkyl halides is 3. The smallest absolute Gasteiger partial charge is 0.352 e. The highest BCUT2D eigenvalue weighted by molar-refractivity contribution is 7.99. The molecule has 0 unspecified atom stereocenters. The Bertz CT molecular complexity index is 689. The molecule has 1 atom stereocenters. The van der Waals surface area contributed by atoms with Crippen molar-refractivity contribution in [1.82, 2.24) is 15.3 Å². The highest BCUT2D eigenvalue weighted by Crippen LogP contribution is 2.61. The molecule has 4 aliphatic carbocycles. The van der Waals surface area contributed by atoms with E-state index in [4.69, 9.17) is 0 Å². The first kappa shape index (κ1) is 19.0. The van der Waals surface area contributed by atoms with Crippen LogP contribution >= 0.6 is 11.8 Å². The lowest BCUT2D eigenvalue weighted by Gasteiger charge is -2.59. The summed E-state index contributed by atoms with van der Waals surface area (Å²) in [5.74, 6) is 2.29. The van der Waals surface area contributed by atoms with Crippen LogP contribution in [0.15, 0.2) is 17.4 Å². The maximum atomic E-state index is 12.7. The van der Waals surface area contributed by atoms with Crippen molar-refractivity contribution in [2.45, 2.75) is 62.8 Å². The Morgan fingerprint density at radius 1 is 1.26 bits per heavy atom. The molecule has 1 amide bonds. The van der Waals surface area contributed by atoms with E-state index in [1.54, 1.807) is 0 Å². The Kier molecular flexibility index (Phi) is 4.89. The third-order valence-electron chi connectivity index (χ3n) is 6.64. The van der Waals surface area contributed by atoms with E-state index in [1.807, 2.05) is 0 Å². The summed E-state index contributed by atoms with van der Waals surface area (Å²) in [5.41, 5.74) is -0.774. The van der Waals surface area contributed by atoms with Crippen molar-refractivity contribution in [3.8, 4) is 0 Å². The number of aromatic nitrogens is 2. The van der Waals surface area contributed by atoms with Gasteiger partial charge in [-0.05, 0) is 74.7 Å². The van der Waals surface area contributed by atoms with Crippen molar-refractivity contribution in [2.24, 2.45) is 23.2 Å². The number of hydrogen-bond acceptors (Lipinski definition) is 4. The quantitative estimate of drug-likeness (QED) is 0.592. The van der Waals surface area contributed by atoms with Gasteiger partial charge in [0.1, 0.15) is 5.69 Å². The van der Waals surface area contributed by atoms with Gasteiger partial charge in [-0.3, -0.25) is 4.79 Å². The fourth-order valence-corrected chi connectivity index (χ4v) is 6.48. The van der Waals surface area contributed by atoms with Gasteiger partial charge in [-0.1, -0.05) is 11.8 Å². The van der Waals surface area contributed by atoms with Crippen LogP contribution in [-0.2, 0) is 11.0 Å². The molecule has 0 aliphatic heterocycles. The zero-order chi connectivity index (χ0) is 19.2.